The first kappa shape index (κ1) is 27.3. The molecule has 0 aliphatic carbocycles. The number of H-pyrrole nitrogens is 1. The summed E-state index contributed by atoms with van der Waals surface area (Å²) in [4.78, 5) is 49.8. The van der Waals surface area contributed by atoms with Crippen LogP contribution in [0.25, 0.3) is 5.76 Å². The summed E-state index contributed by atoms with van der Waals surface area (Å²) in [5.41, 5.74) is 4.34. The molecule has 9 heteroatoms. The number of carboxylic acid groups (broad SMARTS) is 1. The number of aliphatic carboxylic acids is 1. The summed E-state index contributed by atoms with van der Waals surface area (Å²) in [6.07, 6.45) is 1.04. The van der Waals surface area contributed by atoms with E-state index in [2.05, 4.69) is 11.1 Å². The number of carboxylic acids is 1. The van der Waals surface area contributed by atoms with Gasteiger partial charge in [-0.3, -0.25) is 19.1 Å². The van der Waals surface area contributed by atoms with Crippen LogP contribution in [0.4, 0.5) is 0 Å². The van der Waals surface area contributed by atoms with Crippen molar-refractivity contribution in [2.75, 3.05) is 0 Å². The van der Waals surface area contributed by atoms with E-state index in [4.69, 9.17) is 9.84 Å². The van der Waals surface area contributed by atoms with E-state index in [1.54, 1.807) is 12.1 Å². The summed E-state index contributed by atoms with van der Waals surface area (Å²) < 4.78 is 7.25. The number of rotatable bonds is 10. The summed E-state index contributed by atoms with van der Waals surface area (Å²) in [5, 5.41) is 18.6. The molecular formula is C28H30N2O7. The molecule has 2 aromatic carbocycles. The topological polar surface area (TPSA) is 139 Å². The number of carbonyl (C=O) groups excluding carboxylic acids is 1. The maximum atomic E-state index is 12.8. The minimum Gasteiger partial charge on any atom is -0.507 e. The quantitative estimate of drug-likeness (QED) is 0.217. The Labute approximate surface area is 213 Å². The van der Waals surface area contributed by atoms with Gasteiger partial charge in [0.1, 0.15) is 12.5 Å². The number of aromatic nitrogens is 2. The maximum Gasteiger partial charge on any atom is 0.376 e. The molecule has 3 aromatic rings. The smallest absolute Gasteiger partial charge is 0.376 e. The van der Waals surface area contributed by atoms with Crippen molar-refractivity contribution in [1.82, 2.24) is 9.55 Å². The van der Waals surface area contributed by atoms with E-state index in [0.717, 1.165) is 22.3 Å². The zero-order chi connectivity index (χ0) is 27.3. The fraction of sp³-hybridized carbons (Fsp3) is 0.286. The van der Waals surface area contributed by atoms with Gasteiger partial charge in [0, 0.05) is 29.3 Å². The van der Waals surface area contributed by atoms with Crippen molar-refractivity contribution < 1.29 is 24.5 Å². The SMILES string of the molecule is Cc1cc(C)cc(Cc2c(C(C)C)c(=O)[nH]c(=O)n2COCc2ccc(/C(O)=C/C(=O)C(=O)O)cc2)c1. The molecule has 0 saturated carbocycles. The molecule has 1 aromatic heterocycles. The number of hydrogen-bond acceptors (Lipinski definition) is 6. The third-order valence-electron chi connectivity index (χ3n) is 5.79. The molecule has 1 heterocycles. The first-order valence-corrected chi connectivity index (χ1v) is 11.7. The van der Waals surface area contributed by atoms with Gasteiger partial charge in [-0.15, -0.1) is 0 Å². The Morgan fingerprint density at radius 2 is 1.62 bits per heavy atom. The molecule has 0 unspecified atom stereocenters. The molecule has 0 aliphatic rings. The van der Waals surface area contributed by atoms with E-state index < -0.39 is 28.8 Å². The van der Waals surface area contributed by atoms with Crippen LogP contribution in [0.3, 0.4) is 0 Å². The zero-order valence-corrected chi connectivity index (χ0v) is 21.2. The van der Waals surface area contributed by atoms with E-state index in [1.165, 1.54) is 16.7 Å². The first-order valence-electron chi connectivity index (χ1n) is 11.7. The summed E-state index contributed by atoms with van der Waals surface area (Å²) in [5.74, 6) is -3.46. The van der Waals surface area contributed by atoms with Crippen LogP contribution in [0, 0.1) is 13.8 Å². The monoisotopic (exact) mass is 506 g/mol. The molecule has 0 saturated heterocycles. The van der Waals surface area contributed by atoms with Crippen LogP contribution in [-0.2, 0) is 34.1 Å². The lowest BCUT2D eigenvalue weighted by molar-refractivity contribution is -0.146. The predicted molar refractivity (Wildman–Crippen MR) is 139 cm³/mol. The minimum absolute atomic E-state index is 0.0878. The Morgan fingerprint density at radius 3 is 2.19 bits per heavy atom. The number of aryl methyl sites for hydroxylation is 2. The van der Waals surface area contributed by atoms with Crippen LogP contribution in [0.1, 0.15) is 58.8 Å². The third-order valence-corrected chi connectivity index (χ3v) is 5.79. The van der Waals surface area contributed by atoms with Gasteiger partial charge in [0.25, 0.3) is 11.3 Å². The number of nitrogens with one attached hydrogen (secondary N) is 1. The number of carbonyl (C=O) groups is 2. The molecule has 0 amide bonds. The molecule has 194 valence electrons. The van der Waals surface area contributed by atoms with Gasteiger partial charge >= 0.3 is 11.7 Å². The van der Waals surface area contributed by atoms with Gasteiger partial charge in [0.2, 0.25) is 0 Å². The summed E-state index contributed by atoms with van der Waals surface area (Å²) in [7, 11) is 0. The van der Waals surface area contributed by atoms with Crippen LogP contribution in [0.5, 0.6) is 0 Å². The van der Waals surface area contributed by atoms with E-state index in [9.17, 15) is 24.3 Å². The Balaban J connectivity index is 1.83. The molecule has 0 aliphatic heterocycles. The Bertz CT molecular complexity index is 1440. The number of benzene rings is 2. The average molecular weight is 507 g/mol. The summed E-state index contributed by atoms with van der Waals surface area (Å²) in [6, 6.07) is 12.5. The lowest BCUT2D eigenvalue weighted by atomic mass is 9.96. The molecule has 0 fully saturated rings. The molecule has 0 bridgehead atoms. The van der Waals surface area contributed by atoms with Crippen LogP contribution < -0.4 is 11.2 Å². The number of nitrogens with zero attached hydrogens (tertiary/aromatic N) is 1. The van der Waals surface area contributed by atoms with Crippen molar-refractivity contribution in [3.05, 3.63) is 108 Å². The van der Waals surface area contributed by atoms with Crippen molar-refractivity contribution in [3.63, 3.8) is 0 Å². The van der Waals surface area contributed by atoms with Gasteiger partial charge < -0.3 is 14.9 Å². The average Bonchev–Trinajstić information content (AvgIpc) is 2.80. The van der Waals surface area contributed by atoms with E-state index in [1.807, 2.05) is 39.8 Å². The van der Waals surface area contributed by atoms with Crippen molar-refractivity contribution >= 4 is 17.5 Å². The molecule has 0 atom stereocenters. The second-order valence-electron chi connectivity index (χ2n) is 9.25. The summed E-state index contributed by atoms with van der Waals surface area (Å²) in [6.45, 7) is 7.85. The highest BCUT2D eigenvalue weighted by molar-refractivity contribution is 6.38. The van der Waals surface area contributed by atoms with Gasteiger partial charge in [-0.1, -0.05) is 67.4 Å². The lowest BCUT2D eigenvalue weighted by Gasteiger charge is -2.19. The Morgan fingerprint density at radius 1 is 1.00 bits per heavy atom. The normalized spacial score (nSPS) is 11.6. The number of aliphatic hydroxyl groups excluding tert-OH is 1. The van der Waals surface area contributed by atoms with Crippen molar-refractivity contribution in [2.24, 2.45) is 0 Å². The summed E-state index contributed by atoms with van der Waals surface area (Å²) >= 11 is 0. The highest BCUT2D eigenvalue weighted by Gasteiger charge is 2.18. The number of ketones is 1. The van der Waals surface area contributed by atoms with Crippen molar-refractivity contribution in [1.29, 1.82) is 0 Å². The standard InChI is InChI=1S/C28H30N2O7/c1-16(2)25-22(12-20-10-17(3)9-18(4)11-20)30(28(36)29-26(25)33)15-37-14-19-5-7-21(8-6-19)23(31)13-24(32)27(34)35/h5-11,13,16,31H,12,14-15H2,1-4H3,(H,34,35)(H,29,33,36)/b23-13-. The van der Waals surface area contributed by atoms with Crippen LogP contribution >= 0.6 is 0 Å². The third kappa shape index (κ3) is 6.92. The van der Waals surface area contributed by atoms with Crippen LogP contribution in [0.15, 0.2) is 58.1 Å². The van der Waals surface area contributed by atoms with E-state index in [0.29, 0.717) is 23.8 Å². The fourth-order valence-corrected chi connectivity index (χ4v) is 4.21. The minimum atomic E-state index is -1.66. The van der Waals surface area contributed by atoms with Crippen LogP contribution in [-0.4, -0.2) is 31.5 Å². The largest absolute Gasteiger partial charge is 0.507 e. The molecule has 0 spiro atoms. The van der Waals surface area contributed by atoms with Gasteiger partial charge in [-0.2, -0.15) is 0 Å². The lowest BCUT2D eigenvalue weighted by Crippen LogP contribution is -2.36. The zero-order valence-electron chi connectivity index (χ0n) is 21.2. The molecule has 37 heavy (non-hydrogen) atoms. The Hall–Kier alpha value is -4.24. The molecule has 0 radical (unpaired) electrons. The first-order chi connectivity index (χ1) is 17.5. The highest BCUT2D eigenvalue weighted by atomic mass is 16.5. The van der Waals surface area contributed by atoms with Gasteiger partial charge in [-0.05, 0) is 30.9 Å². The number of aromatic amines is 1. The second kappa shape index (κ2) is 11.7. The van der Waals surface area contributed by atoms with Gasteiger partial charge in [-0.25, -0.2) is 9.59 Å². The van der Waals surface area contributed by atoms with Gasteiger partial charge in [0.05, 0.1) is 6.61 Å². The molecular weight excluding hydrogens is 476 g/mol. The molecule has 3 N–H and O–H groups in total. The second-order valence-corrected chi connectivity index (χ2v) is 9.25. The molecule has 3 rings (SSSR count). The van der Waals surface area contributed by atoms with Crippen molar-refractivity contribution in [2.45, 2.75) is 53.4 Å². The number of aliphatic hydroxyl groups is 1. The van der Waals surface area contributed by atoms with Crippen molar-refractivity contribution in [3.8, 4) is 0 Å². The maximum absolute atomic E-state index is 12.8. The van der Waals surface area contributed by atoms with E-state index in [-0.39, 0.29) is 24.8 Å². The predicted octanol–water partition coefficient (Wildman–Crippen LogP) is 3.59. The number of ether oxygens (including phenoxy) is 1. The number of hydrogen-bond donors (Lipinski definition) is 3. The fourth-order valence-electron chi connectivity index (χ4n) is 4.21. The van der Waals surface area contributed by atoms with Gasteiger partial charge in [0.15, 0.2) is 0 Å². The molecule has 9 nitrogen and oxygen atoms in total. The highest BCUT2D eigenvalue weighted by Crippen LogP contribution is 2.20. The van der Waals surface area contributed by atoms with Crippen LogP contribution in [0.2, 0.25) is 0 Å². The Kier molecular flexibility index (Phi) is 8.62. The van der Waals surface area contributed by atoms with E-state index >= 15 is 0 Å².